The summed E-state index contributed by atoms with van der Waals surface area (Å²) in [7, 11) is 0. The number of fused-ring (bicyclic) bond motifs is 10. The Labute approximate surface area is 162 Å². The molecule has 0 fully saturated rings. The van der Waals surface area contributed by atoms with Crippen LogP contribution in [0.15, 0.2) is 91.0 Å². The second kappa shape index (κ2) is 5.01. The summed E-state index contributed by atoms with van der Waals surface area (Å²) in [6.45, 7) is 0. The van der Waals surface area contributed by atoms with Gasteiger partial charge >= 0.3 is 163 Å². The topological polar surface area (TPSA) is 0 Å². The van der Waals surface area contributed by atoms with Gasteiger partial charge in [0.1, 0.15) is 0 Å². The van der Waals surface area contributed by atoms with Crippen LogP contribution in [-0.4, -0.2) is 17.7 Å². The number of rotatable bonds is 0. The second-order valence-corrected chi connectivity index (χ2v) is 7.44. The molecular weight excluding hydrogens is 307 g/mol. The molecule has 116 valence electrons. The fourth-order valence-corrected chi connectivity index (χ4v) is 5.21. The van der Waals surface area contributed by atoms with Gasteiger partial charge in [-0.1, -0.05) is 0 Å². The number of benzene rings is 4. The van der Waals surface area contributed by atoms with E-state index in [1.807, 2.05) is 0 Å². The molecule has 0 saturated carbocycles. The summed E-state index contributed by atoms with van der Waals surface area (Å²) in [5.74, 6) is 0. The van der Waals surface area contributed by atoms with Crippen LogP contribution < -0.4 is 4.24 Å². The molecule has 2 aliphatic rings. The molecule has 4 aromatic carbocycles. The van der Waals surface area contributed by atoms with Crippen LogP contribution in [0.3, 0.4) is 0 Å². The van der Waals surface area contributed by atoms with Crippen LogP contribution in [0.25, 0.3) is 22.3 Å². The molecule has 0 amide bonds. The van der Waals surface area contributed by atoms with Crippen molar-refractivity contribution >= 4 is 22.0 Å². The average molecular weight is 322 g/mol. The Morgan fingerprint density at radius 1 is 0.462 bits per heavy atom. The Hall–Kier alpha value is -2.52. The first-order valence-electron chi connectivity index (χ1n) is 9.22. The quantitative estimate of drug-likeness (QED) is 0.352. The van der Waals surface area contributed by atoms with Crippen molar-refractivity contribution in [3.05, 3.63) is 113 Å². The fraction of sp³-hybridized carbons (Fsp3) is 0.0400. The van der Waals surface area contributed by atoms with Crippen LogP contribution >= 0.6 is 0 Å². The van der Waals surface area contributed by atoms with E-state index in [1.54, 1.807) is 0 Å². The Bertz CT molecular complexity index is 1140. The Morgan fingerprint density at radius 2 is 0.885 bits per heavy atom. The molecule has 0 saturated heterocycles. The van der Waals surface area contributed by atoms with Gasteiger partial charge in [-0.3, -0.25) is 0 Å². The maximum atomic E-state index is 2.40. The van der Waals surface area contributed by atoms with Gasteiger partial charge in [0.15, 0.2) is 0 Å². The van der Waals surface area contributed by atoms with Gasteiger partial charge in [-0.05, 0) is 0 Å². The summed E-state index contributed by atoms with van der Waals surface area (Å²) >= 11 is 2.20. The van der Waals surface area contributed by atoms with Crippen LogP contribution in [0.5, 0.6) is 0 Å². The van der Waals surface area contributed by atoms with Gasteiger partial charge in [-0.2, -0.15) is 0 Å². The summed E-state index contributed by atoms with van der Waals surface area (Å²) in [5, 5.41) is 0. The Morgan fingerprint density at radius 3 is 1.38 bits per heavy atom. The van der Waals surface area contributed by atoms with E-state index in [2.05, 4.69) is 109 Å². The minimum absolute atomic E-state index is 0.189. The zero-order valence-corrected chi connectivity index (χ0v) is 14.7. The molecule has 0 atom stereocenters. The SMILES string of the molecule is [Li][c]1ccc2c(c1)C1(c3ccccc3-c3ccccc31)c1ccccc1-2. The van der Waals surface area contributed by atoms with Gasteiger partial charge in [0, 0.05) is 0 Å². The van der Waals surface area contributed by atoms with Crippen molar-refractivity contribution in [1.29, 1.82) is 0 Å². The molecule has 4 aromatic rings. The molecule has 0 heterocycles. The predicted octanol–water partition coefficient (Wildman–Crippen LogP) is 4.82. The van der Waals surface area contributed by atoms with E-state index in [9.17, 15) is 0 Å². The molecule has 1 spiro atoms. The summed E-state index contributed by atoms with van der Waals surface area (Å²) in [4.78, 5) is 0. The van der Waals surface area contributed by atoms with E-state index in [4.69, 9.17) is 0 Å². The van der Waals surface area contributed by atoms with Gasteiger partial charge in [0.05, 0.1) is 0 Å². The maximum absolute atomic E-state index is 2.40. The molecular formula is C25H15Li. The van der Waals surface area contributed by atoms with E-state index >= 15 is 0 Å². The van der Waals surface area contributed by atoms with Crippen molar-refractivity contribution in [1.82, 2.24) is 0 Å². The van der Waals surface area contributed by atoms with Crippen LogP contribution in [0.2, 0.25) is 0 Å². The monoisotopic (exact) mass is 322 g/mol. The Kier molecular flexibility index (Phi) is 2.82. The van der Waals surface area contributed by atoms with Gasteiger partial charge in [-0.15, -0.1) is 0 Å². The first-order valence-corrected chi connectivity index (χ1v) is 9.22. The van der Waals surface area contributed by atoms with Crippen molar-refractivity contribution in [3.63, 3.8) is 0 Å². The molecule has 0 aromatic heterocycles. The molecule has 0 radical (unpaired) electrons. The van der Waals surface area contributed by atoms with Crippen LogP contribution in [-0.2, 0) is 5.41 Å². The van der Waals surface area contributed by atoms with E-state index in [1.165, 1.54) is 48.7 Å². The fourth-order valence-electron chi connectivity index (χ4n) is 5.21. The van der Waals surface area contributed by atoms with Gasteiger partial charge in [-0.25, -0.2) is 0 Å². The first-order chi connectivity index (χ1) is 12.8. The van der Waals surface area contributed by atoms with Crippen molar-refractivity contribution in [2.45, 2.75) is 5.41 Å². The molecule has 2 aliphatic carbocycles. The average Bonchev–Trinajstić information content (AvgIpc) is 3.15. The number of hydrogen-bond acceptors (Lipinski definition) is 0. The van der Waals surface area contributed by atoms with Gasteiger partial charge in [0.25, 0.3) is 0 Å². The molecule has 26 heavy (non-hydrogen) atoms. The summed E-state index contributed by atoms with van der Waals surface area (Å²) in [6, 6.07) is 33.8. The molecule has 6 rings (SSSR count). The first kappa shape index (κ1) is 14.6. The predicted molar refractivity (Wildman–Crippen MR) is 108 cm³/mol. The molecule has 0 N–H and O–H groups in total. The van der Waals surface area contributed by atoms with E-state index < -0.39 is 0 Å². The van der Waals surface area contributed by atoms with Crippen LogP contribution in [0, 0.1) is 0 Å². The van der Waals surface area contributed by atoms with E-state index in [0.29, 0.717) is 0 Å². The third kappa shape index (κ3) is 1.58. The zero-order chi connectivity index (χ0) is 17.3. The normalized spacial score (nSPS) is 14.7. The van der Waals surface area contributed by atoms with Crippen molar-refractivity contribution in [2.75, 3.05) is 0 Å². The molecule has 0 bridgehead atoms. The van der Waals surface area contributed by atoms with Crippen molar-refractivity contribution in [2.24, 2.45) is 0 Å². The van der Waals surface area contributed by atoms with Crippen molar-refractivity contribution in [3.8, 4) is 22.3 Å². The molecule has 1 heteroatoms. The zero-order valence-electron chi connectivity index (χ0n) is 14.7. The molecule has 0 nitrogen and oxygen atoms in total. The van der Waals surface area contributed by atoms with E-state index in [0.717, 1.165) is 0 Å². The molecule has 0 aliphatic heterocycles. The van der Waals surface area contributed by atoms with Crippen molar-refractivity contribution < 1.29 is 0 Å². The standard InChI is InChI=1S/C25H15.Li/c1-5-13-21-17(9-1)18-10-2-6-14-22(18)25(21)23-15-7-3-11-19(23)20-12-4-8-16-24(20)25;/h1-7,9-16H;. The van der Waals surface area contributed by atoms with E-state index in [-0.39, 0.29) is 5.41 Å². The van der Waals surface area contributed by atoms with Gasteiger partial charge in [0.2, 0.25) is 0 Å². The van der Waals surface area contributed by atoms with Crippen LogP contribution in [0.1, 0.15) is 22.3 Å². The summed E-state index contributed by atoms with van der Waals surface area (Å²) < 4.78 is 1.32. The second-order valence-electron chi connectivity index (χ2n) is 7.44. The number of hydrogen-bond donors (Lipinski definition) is 0. The van der Waals surface area contributed by atoms with Gasteiger partial charge < -0.3 is 0 Å². The van der Waals surface area contributed by atoms with Crippen LogP contribution in [0.4, 0.5) is 0 Å². The minimum atomic E-state index is -0.189. The molecule has 0 unspecified atom stereocenters. The third-order valence-electron chi connectivity index (χ3n) is 6.15. The summed E-state index contributed by atoms with van der Waals surface area (Å²) in [5.41, 5.74) is 11.0. The summed E-state index contributed by atoms with van der Waals surface area (Å²) in [6.07, 6.45) is 0. The third-order valence-corrected chi connectivity index (χ3v) is 6.15. The Balaban J connectivity index is 1.88.